The first kappa shape index (κ1) is 14.6. The van der Waals surface area contributed by atoms with Crippen molar-refractivity contribution in [3.8, 4) is 5.75 Å². The maximum Gasteiger partial charge on any atom is 0.415 e. The van der Waals surface area contributed by atoms with E-state index in [0.29, 0.717) is 24.7 Å². The number of carbonyl (C=O) groups is 1. The molecule has 0 aliphatic carbocycles. The highest BCUT2D eigenvalue weighted by molar-refractivity contribution is 9.10. The van der Waals surface area contributed by atoms with Crippen LogP contribution in [0.1, 0.15) is 6.92 Å². The lowest BCUT2D eigenvalue weighted by Crippen LogP contribution is -2.52. The minimum absolute atomic E-state index is 0.163. The van der Waals surface area contributed by atoms with Crippen molar-refractivity contribution in [2.75, 3.05) is 19.6 Å². The molecule has 1 aliphatic heterocycles. The Morgan fingerprint density at radius 2 is 2.37 bits per heavy atom. The van der Waals surface area contributed by atoms with Crippen molar-refractivity contribution in [2.45, 2.75) is 13.0 Å². The summed E-state index contributed by atoms with van der Waals surface area (Å²) in [7, 11) is 0. The molecule has 0 radical (unpaired) electrons. The summed E-state index contributed by atoms with van der Waals surface area (Å²) in [6, 6.07) is 2.88. The Bertz CT molecular complexity index is 501. The SMILES string of the molecule is CC1CN(C(=O)Oc2cc(Cl)cc(Br)c2F)CCN1. The van der Waals surface area contributed by atoms with Crippen LogP contribution in [0.4, 0.5) is 9.18 Å². The second kappa shape index (κ2) is 6.07. The van der Waals surface area contributed by atoms with Gasteiger partial charge in [0, 0.05) is 36.8 Å². The lowest BCUT2D eigenvalue weighted by Gasteiger charge is -2.31. The monoisotopic (exact) mass is 350 g/mol. The first-order valence-corrected chi connectivity index (χ1v) is 6.99. The molecule has 4 nitrogen and oxygen atoms in total. The fraction of sp³-hybridized carbons (Fsp3) is 0.417. The van der Waals surface area contributed by atoms with Crippen molar-refractivity contribution in [3.63, 3.8) is 0 Å². The predicted molar refractivity (Wildman–Crippen MR) is 74.2 cm³/mol. The van der Waals surface area contributed by atoms with Crippen LogP contribution in [0.2, 0.25) is 5.02 Å². The largest absolute Gasteiger partial charge is 0.415 e. The van der Waals surface area contributed by atoms with E-state index in [9.17, 15) is 9.18 Å². The fourth-order valence-corrected chi connectivity index (χ4v) is 2.65. The zero-order valence-electron chi connectivity index (χ0n) is 10.3. The van der Waals surface area contributed by atoms with E-state index in [0.717, 1.165) is 0 Å². The quantitative estimate of drug-likeness (QED) is 0.791. The molecule has 0 aromatic heterocycles. The van der Waals surface area contributed by atoms with Gasteiger partial charge in [-0.25, -0.2) is 9.18 Å². The van der Waals surface area contributed by atoms with Gasteiger partial charge in [0.05, 0.1) is 4.47 Å². The summed E-state index contributed by atoms with van der Waals surface area (Å²) in [4.78, 5) is 13.5. The lowest BCUT2D eigenvalue weighted by molar-refractivity contribution is 0.135. The number of rotatable bonds is 1. The molecule has 1 aliphatic rings. The molecule has 1 heterocycles. The third-order valence-corrected chi connectivity index (χ3v) is 3.58. The molecule has 1 fully saturated rings. The number of hydrogen-bond acceptors (Lipinski definition) is 3. The molecule has 1 aromatic rings. The Labute approximate surface area is 124 Å². The molecule has 1 aromatic carbocycles. The van der Waals surface area contributed by atoms with Crippen LogP contribution in [0.5, 0.6) is 5.75 Å². The number of amides is 1. The smallest absolute Gasteiger partial charge is 0.407 e. The molecule has 1 saturated heterocycles. The van der Waals surface area contributed by atoms with Crippen LogP contribution in [0.3, 0.4) is 0 Å². The van der Waals surface area contributed by atoms with Gasteiger partial charge >= 0.3 is 6.09 Å². The molecule has 1 atom stereocenters. The lowest BCUT2D eigenvalue weighted by atomic mass is 10.2. The van der Waals surface area contributed by atoms with Gasteiger partial charge in [0.25, 0.3) is 0 Å². The average Bonchev–Trinajstić information content (AvgIpc) is 2.35. The molecule has 0 bridgehead atoms. The Balaban J connectivity index is 2.10. The van der Waals surface area contributed by atoms with Gasteiger partial charge in [-0.2, -0.15) is 0 Å². The standard InChI is InChI=1S/C12H13BrClFN2O2/c1-7-6-17(3-2-16-7)12(18)19-10-5-8(14)4-9(13)11(10)15/h4-5,7,16H,2-3,6H2,1H3. The van der Waals surface area contributed by atoms with Gasteiger partial charge in [0.2, 0.25) is 0 Å². The minimum Gasteiger partial charge on any atom is -0.407 e. The highest BCUT2D eigenvalue weighted by Crippen LogP contribution is 2.29. The van der Waals surface area contributed by atoms with Crippen LogP contribution in [0.15, 0.2) is 16.6 Å². The first-order chi connectivity index (χ1) is 8.97. The summed E-state index contributed by atoms with van der Waals surface area (Å²) < 4.78 is 19.0. The van der Waals surface area contributed by atoms with E-state index in [1.165, 1.54) is 17.0 Å². The fourth-order valence-electron chi connectivity index (χ4n) is 1.86. The van der Waals surface area contributed by atoms with Gasteiger partial charge in [0.1, 0.15) is 0 Å². The number of ether oxygens (including phenoxy) is 1. The normalized spacial score (nSPS) is 19.4. The van der Waals surface area contributed by atoms with E-state index in [1.807, 2.05) is 6.92 Å². The van der Waals surface area contributed by atoms with E-state index in [-0.39, 0.29) is 16.3 Å². The molecule has 1 N–H and O–H groups in total. The molecule has 1 unspecified atom stereocenters. The molecule has 2 rings (SSSR count). The molecular formula is C12H13BrClFN2O2. The van der Waals surface area contributed by atoms with Gasteiger partial charge in [-0.15, -0.1) is 0 Å². The number of halogens is 3. The Morgan fingerprint density at radius 1 is 1.63 bits per heavy atom. The van der Waals surface area contributed by atoms with E-state index in [4.69, 9.17) is 16.3 Å². The third-order valence-electron chi connectivity index (χ3n) is 2.78. The summed E-state index contributed by atoms with van der Waals surface area (Å²) in [6.07, 6.45) is -0.568. The van der Waals surface area contributed by atoms with Crippen LogP contribution in [-0.4, -0.2) is 36.7 Å². The van der Waals surface area contributed by atoms with Gasteiger partial charge in [-0.05, 0) is 28.9 Å². The molecule has 0 spiro atoms. The van der Waals surface area contributed by atoms with E-state index in [1.54, 1.807) is 0 Å². The van der Waals surface area contributed by atoms with Gasteiger partial charge in [-0.3, -0.25) is 0 Å². The van der Waals surface area contributed by atoms with Gasteiger partial charge < -0.3 is 15.0 Å². The predicted octanol–water partition coefficient (Wildman–Crippen LogP) is 3.03. The van der Waals surface area contributed by atoms with Crippen molar-refractivity contribution >= 4 is 33.6 Å². The number of hydrogen-bond donors (Lipinski definition) is 1. The second-order valence-corrected chi connectivity index (χ2v) is 5.66. The molecule has 1 amide bonds. The second-order valence-electron chi connectivity index (χ2n) is 4.37. The first-order valence-electron chi connectivity index (χ1n) is 5.82. The highest BCUT2D eigenvalue weighted by Gasteiger charge is 2.23. The van der Waals surface area contributed by atoms with E-state index < -0.39 is 11.9 Å². The van der Waals surface area contributed by atoms with E-state index in [2.05, 4.69) is 21.2 Å². The summed E-state index contributed by atoms with van der Waals surface area (Å²) >= 11 is 8.82. The Kier molecular flexibility index (Phi) is 4.65. The van der Waals surface area contributed by atoms with Crippen molar-refractivity contribution in [1.82, 2.24) is 10.2 Å². The number of carbonyl (C=O) groups excluding carboxylic acids is 1. The van der Waals surface area contributed by atoms with Crippen molar-refractivity contribution < 1.29 is 13.9 Å². The zero-order valence-corrected chi connectivity index (χ0v) is 12.6. The van der Waals surface area contributed by atoms with Crippen LogP contribution < -0.4 is 10.1 Å². The number of nitrogens with zero attached hydrogens (tertiary/aromatic N) is 1. The summed E-state index contributed by atoms with van der Waals surface area (Å²) in [5.41, 5.74) is 0. The molecule has 0 saturated carbocycles. The Morgan fingerprint density at radius 3 is 3.05 bits per heavy atom. The summed E-state index contributed by atoms with van der Waals surface area (Å²) in [5.74, 6) is -0.809. The highest BCUT2D eigenvalue weighted by atomic mass is 79.9. The number of benzene rings is 1. The van der Waals surface area contributed by atoms with Crippen LogP contribution in [0, 0.1) is 5.82 Å². The number of piperazine rings is 1. The third kappa shape index (κ3) is 3.58. The maximum atomic E-state index is 13.8. The zero-order chi connectivity index (χ0) is 14.0. The van der Waals surface area contributed by atoms with Crippen LogP contribution in [-0.2, 0) is 0 Å². The summed E-state index contributed by atoms with van der Waals surface area (Å²) in [5, 5.41) is 3.50. The van der Waals surface area contributed by atoms with Crippen molar-refractivity contribution in [2.24, 2.45) is 0 Å². The molecule has 7 heteroatoms. The maximum absolute atomic E-state index is 13.8. The van der Waals surface area contributed by atoms with Crippen LogP contribution >= 0.6 is 27.5 Å². The van der Waals surface area contributed by atoms with Crippen molar-refractivity contribution in [3.05, 3.63) is 27.4 Å². The van der Waals surface area contributed by atoms with E-state index >= 15 is 0 Å². The topological polar surface area (TPSA) is 41.6 Å². The van der Waals surface area contributed by atoms with Gasteiger partial charge in [-0.1, -0.05) is 11.6 Å². The number of nitrogens with one attached hydrogen (secondary N) is 1. The van der Waals surface area contributed by atoms with Crippen molar-refractivity contribution in [1.29, 1.82) is 0 Å². The summed E-state index contributed by atoms with van der Waals surface area (Å²) in [6.45, 7) is 3.72. The molecule has 19 heavy (non-hydrogen) atoms. The minimum atomic E-state index is -0.638. The average molecular weight is 352 g/mol. The molecular weight excluding hydrogens is 338 g/mol. The molecule has 104 valence electrons. The Hall–Kier alpha value is -0.850. The van der Waals surface area contributed by atoms with Crippen LogP contribution in [0.25, 0.3) is 0 Å². The van der Waals surface area contributed by atoms with Gasteiger partial charge in [0.15, 0.2) is 11.6 Å².